The second-order valence-electron chi connectivity index (χ2n) is 19.0. The van der Waals surface area contributed by atoms with Gasteiger partial charge in [0.05, 0.1) is 11.8 Å². The lowest BCUT2D eigenvalue weighted by Crippen LogP contribution is -2.57. The van der Waals surface area contributed by atoms with Crippen LogP contribution in [0, 0.1) is 82.3 Å². The Kier molecular flexibility index (Phi) is 8.08. The molecule has 0 spiro atoms. The van der Waals surface area contributed by atoms with Crippen molar-refractivity contribution in [3.8, 4) is 0 Å². The Morgan fingerprint density at radius 2 is 1.07 bits per heavy atom. The molecular weight excluding hydrogens is 544 g/mol. The Balaban J connectivity index is 0.000000148. The van der Waals surface area contributed by atoms with Gasteiger partial charge < -0.3 is 9.47 Å². The van der Waals surface area contributed by atoms with Crippen molar-refractivity contribution in [1.29, 1.82) is 0 Å². The third-order valence-corrected chi connectivity index (χ3v) is 16.3. The van der Waals surface area contributed by atoms with Crippen molar-refractivity contribution in [2.45, 2.75) is 156 Å². The first-order chi connectivity index (χ1) is 20.8. The monoisotopic (exact) mass is 608 g/mol. The minimum absolute atomic E-state index is 0.121. The van der Waals surface area contributed by atoms with Gasteiger partial charge in [-0.15, -0.1) is 0 Å². The number of hydrogen-bond donors (Lipinski definition) is 0. The maximum absolute atomic E-state index is 13.2. The summed E-state index contributed by atoms with van der Waals surface area (Å²) in [5.74, 6) is 9.10. The zero-order chi connectivity index (χ0) is 31.2. The molecular formula is C40H64O4. The van der Waals surface area contributed by atoms with Crippen LogP contribution in [-0.2, 0) is 19.1 Å². The maximum atomic E-state index is 13.2. The first-order valence-corrected chi connectivity index (χ1v) is 19.2. The summed E-state index contributed by atoms with van der Waals surface area (Å²) in [6.45, 7) is 16.1. The summed E-state index contributed by atoms with van der Waals surface area (Å²) in [6, 6.07) is 0. The lowest BCUT2D eigenvalue weighted by atomic mass is 9.46. The van der Waals surface area contributed by atoms with E-state index in [9.17, 15) is 9.59 Å². The van der Waals surface area contributed by atoms with Gasteiger partial charge in [0.2, 0.25) is 0 Å². The molecule has 10 atom stereocenters. The summed E-state index contributed by atoms with van der Waals surface area (Å²) in [5, 5.41) is 0. The predicted molar refractivity (Wildman–Crippen MR) is 174 cm³/mol. The van der Waals surface area contributed by atoms with Gasteiger partial charge in [0.1, 0.15) is 11.2 Å². The summed E-state index contributed by atoms with van der Waals surface area (Å²) >= 11 is 0. The molecule has 0 aromatic carbocycles. The highest BCUT2D eigenvalue weighted by atomic mass is 16.6. The van der Waals surface area contributed by atoms with E-state index in [0.717, 1.165) is 67.1 Å². The third-order valence-electron chi connectivity index (χ3n) is 16.3. The molecule has 9 aliphatic rings. The lowest BCUT2D eigenvalue weighted by molar-refractivity contribution is -0.204. The number of carbonyl (C=O) groups is 2. The highest BCUT2D eigenvalue weighted by molar-refractivity contribution is 5.74. The van der Waals surface area contributed by atoms with Gasteiger partial charge in [0, 0.05) is 5.41 Å². The van der Waals surface area contributed by atoms with Gasteiger partial charge in [-0.25, -0.2) is 0 Å². The molecule has 0 N–H and O–H groups in total. The topological polar surface area (TPSA) is 52.6 Å². The summed E-state index contributed by atoms with van der Waals surface area (Å²) < 4.78 is 12.4. The van der Waals surface area contributed by atoms with Gasteiger partial charge in [0.15, 0.2) is 0 Å². The molecule has 248 valence electrons. The van der Waals surface area contributed by atoms with Crippen LogP contribution in [0.1, 0.15) is 145 Å². The van der Waals surface area contributed by atoms with Crippen LogP contribution >= 0.6 is 0 Å². The Bertz CT molecular complexity index is 1060. The number of ether oxygens (including phenoxy) is 2. The van der Waals surface area contributed by atoms with Crippen molar-refractivity contribution in [3.63, 3.8) is 0 Å². The largest absolute Gasteiger partial charge is 0.459 e. The van der Waals surface area contributed by atoms with E-state index in [1.54, 1.807) is 0 Å². The van der Waals surface area contributed by atoms with E-state index in [0.29, 0.717) is 23.7 Å². The summed E-state index contributed by atoms with van der Waals surface area (Å²) in [6.07, 6.45) is 18.8. The first kappa shape index (κ1) is 31.5. The molecule has 9 saturated carbocycles. The number of fused-ring (bicyclic) bond motifs is 4. The van der Waals surface area contributed by atoms with Crippen LogP contribution in [0.4, 0.5) is 0 Å². The zero-order valence-corrected chi connectivity index (χ0v) is 29.2. The molecule has 4 heteroatoms. The Morgan fingerprint density at radius 1 is 0.614 bits per heavy atom. The van der Waals surface area contributed by atoms with Gasteiger partial charge in [0.25, 0.3) is 0 Å². The van der Waals surface area contributed by atoms with Crippen molar-refractivity contribution in [2.24, 2.45) is 82.3 Å². The van der Waals surface area contributed by atoms with Crippen LogP contribution < -0.4 is 0 Å². The van der Waals surface area contributed by atoms with Crippen molar-refractivity contribution in [2.75, 3.05) is 0 Å². The average Bonchev–Trinajstić information content (AvgIpc) is 3.71. The van der Waals surface area contributed by atoms with E-state index in [4.69, 9.17) is 9.47 Å². The van der Waals surface area contributed by atoms with E-state index >= 15 is 0 Å². The zero-order valence-electron chi connectivity index (χ0n) is 29.2. The molecule has 9 rings (SSSR count). The van der Waals surface area contributed by atoms with Crippen LogP contribution in [0.3, 0.4) is 0 Å². The second-order valence-corrected chi connectivity index (χ2v) is 19.0. The van der Waals surface area contributed by atoms with Crippen LogP contribution in [0.5, 0.6) is 0 Å². The fraction of sp³-hybridized carbons (Fsp3) is 0.950. The first-order valence-electron chi connectivity index (χ1n) is 19.2. The number of hydrogen-bond acceptors (Lipinski definition) is 4. The third kappa shape index (κ3) is 5.31. The molecule has 0 heterocycles. The number of esters is 2. The molecule has 4 nitrogen and oxygen atoms in total. The Morgan fingerprint density at radius 3 is 1.50 bits per heavy atom. The van der Waals surface area contributed by atoms with E-state index in [1.165, 1.54) is 70.6 Å². The van der Waals surface area contributed by atoms with Crippen molar-refractivity contribution in [3.05, 3.63) is 0 Å². The van der Waals surface area contributed by atoms with E-state index in [2.05, 4.69) is 48.5 Å². The SMILES string of the molecule is CC1C2CC(C(=O)OC(C)(C)C34CC5CC(CC(C5)C3)C4)C(C2)C1C.CC1C2CC(C(=O)OC3(C)CCCCC3)C(C2)C1C. The van der Waals surface area contributed by atoms with E-state index < -0.39 is 0 Å². The molecule has 8 bridgehead atoms. The molecule has 44 heavy (non-hydrogen) atoms. The average molecular weight is 609 g/mol. The number of rotatable bonds is 5. The molecule has 0 radical (unpaired) electrons. The standard InChI is InChI=1S/C23H36O2.C17H28O2/c1-13-14(2)19-8-18(13)9-20(19)21(24)25-22(3,4)23-10-15-5-16(11-23)7-17(6-15)12-23;1-11-12(2)14-9-13(11)10-15(14)16(18)19-17(3)7-5-4-6-8-17/h13-20H,5-12H2,1-4H3;11-15H,4-10H2,1-3H3. The van der Waals surface area contributed by atoms with E-state index in [1.807, 2.05) is 0 Å². The van der Waals surface area contributed by atoms with E-state index in [-0.39, 0.29) is 40.4 Å². The Labute approximate surface area is 268 Å². The highest BCUT2D eigenvalue weighted by Gasteiger charge is 2.60. The minimum Gasteiger partial charge on any atom is -0.459 e. The molecule has 10 unspecified atom stereocenters. The Hall–Kier alpha value is -1.06. The predicted octanol–water partition coefficient (Wildman–Crippen LogP) is 9.63. The molecule has 9 aliphatic carbocycles. The van der Waals surface area contributed by atoms with Crippen LogP contribution in [0.15, 0.2) is 0 Å². The molecule has 0 saturated heterocycles. The van der Waals surface area contributed by atoms with Crippen molar-refractivity contribution in [1.82, 2.24) is 0 Å². The highest BCUT2D eigenvalue weighted by Crippen LogP contribution is 2.65. The van der Waals surface area contributed by atoms with Crippen molar-refractivity contribution >= 4 is 11.9 Å². The normalized spacial score (nSPS) is 49.5. The van der Waals surface area contributed by atoms with Gasteiger partial charge >= 0.3 is 11.9 Å². The molecule has 0 aromatic rings. The van der Waals surface area contributed by atoms with Crippen molar-refractivity contribution < 1.29 is 19.1 Å². The molecule has 0 amide bonds. The smallest absolute Gasteiger partial charge is 0.309 e. The molecule has 0 aromatic heterocycles. The number of carbonyl (C=O) groups excluding carboxylic acids is 2. The maximum Gasteiger partial charge on any atom is 0.309 e. The fourth-order valence-electron chi connectivity index (χ4n) is 13.4. The van der Waals surface area contributed by atoms with Gasteiger partial charge in [-0.3, -0.25) is 9.59 Å². The minimum atomic E-state index is -0.281. The van der Waals surface area contributed by atoms with Crippen LogP contribution in [0.2, 0.25) is 0 Å². The van der Waals surface area contributed by atoms with Crippen LogP contribution in [0.25, 0.3) is 0 Å². The molecule has 9 fully saturated rings. The summed E-state index contributed by atoms with van der Waals surface area (Å²) in [7, 11) is 0. The summed E-state index contributed by atoms with van der Waals surface area (Å²) in [5.41, 5.74) is -0.170. The quantitative estimate of drug-likeness (QED) is 0.292. The fourth-order valence-corrected chi connectivity index (χ4v) is 13.4. The molecule has 0 aliphatic heterocycles. The van der Waals surface area contributed by atoms with Crippen LogP contribution in [-0.4, -0.2) is 23.1 Å². The second kappa shape index (κ2) is 11.3. The van der Waals surface area contributed by atoms with Gasteiger partial charge in [-0.2, -0.15) is 0 Å². The van der Waals surface area contributed by atoms with Gasteiger partial charge in [-0.05, 0) is 176 Å². The lowest BCUT2D eigenvalue weighted by Gasteiger charge is -2.61. The van der Waals surface area contributed by atoms with Gasteiger partial charge in [-0.1, -0.05) is 34.1 Å². The summed E-state index contributed by atoms with van der Waals surface area (Å²) in [4.78, 5) is 25.7.